The Morgan fingerprint density at radius 1 is 1.38 bits per heavy atom. The zero-order valence-corrected chi connectivity index (χ0v) is 10.6. The third-order valence-electron chi connectivity index (χ3n) is 2.63. The molecule has 3 heteroatoms. The fourth-order valence-electron chi connectivity index (χ4n) is 1.75. The van der Waals surface area contributed by atoms with Gasteiger partial charge in [0.25, 0.3) is 0 Å². The Morgan fingerprint density at radius 3 is 2.81 bits per heavy atom. The van der Waals surface area contributed by atoms with Crippen LogP contribution in [0, 0.1) is 0 Å². The van der Waals surface area contributed by atoms with Crippen molar-refractivity contribution in [1.29, 1.82) is 0 Å². The van der Waals surface area contributed by atoms with Crippen LogP contribution in [0.1, 0.15) is 19.8 Å². The summed E-state index contributed by atoms with van der Waals surface area (Å²) in [5, 5.41) is 3.55. The number of rotatable bonds is 5. The molecule has 0 aromatic heterocycles. The van der Waals surface area contributed by atoms with Crippen LogP contribution in [0.3, 0.4) is 0 Å². The summed E-state index contributed by atoms with van der Waals surface area (Å²) in [6, 6.07) is 8.94. The number of nitrogens with one attached hydrogen (secondary N) is 1. The predicted octanol–water partition coefficient (Wildman–Crippen LogP) is 3.39. The van der Waals surface area contributed by atoms with Gasteiger partial charge in [0.05, 0.1) is 6.61 Å². The highest BCUT2D eigenvalue weighted by molar-refractivity contribution is 7.99. The van der Waals surface area contributed by atoms with E-state index in [-0.39, 0.29) is 0 Å². The first kappa shape index (κ1) is 11.6. The Balaban J connectivity index is 1.86. The van der Waals surface area contributed by atoms with E-state index in [9.17, 15) is 0 Å². The van der Waals surface area contributed by atoms with Gasteiger partial charge in [0, 0.05) is 17.5 Å². The highest BCUT2D eigenvalue weighted by Gasteiger charge is 2.14. The van der Waals surface area contributed by atoms with Gasteiger partial charge in [-0.2, -0.15) is 11.8 Å². The first-order valence-electron chi connectivity index (χ1n) is 5.95. The SMILES string of the molecule is CCCOc1ccc(NC2CCSC2)cc1. The number of benzene rings is 1. The second-order valence-corrected chi connectivity index (χ2v) is 5.23. The van der Waals surface area contributed by atoms with E-state index in [4.69, 9.17) is 4.74 Å². The molecular weight excluding hydrogens is 218 g/mol. The topological polar surface area (TPSA) is 21.3 Å². The van der Waals surface area contributed by atoms with Crippen molar-refractivity contribution >= 4 is 17.4 Å². The minimum absolute atomic E-state index is 0.646. The Labute approximate surface area is 102 Å². The Hall–Kier alpha value is -0.830. The molecule has 88 valence electrons. The molecule has 0 spiro atoms. The van der Waals surface area contributed by atoms with Crippen molar-refractivity contribution in [2.45, 2.75) is 25.8 Å². The van der Waals surface area contributed by atoms with E-state index >= 15 is 0 Å². The van der Waals surface area contributed by atoms with Gasteiger partial charge >= 0.3 is 0 Å². The summed E-state index contributed by atoms with van der Waals surface area (Å²) in [6.07, 6.45) is 2.33. The van der Waals surface area contributed by atoms with Crippen LogP contribution in [0.5, 0.6) is 5.75 Å². The van der Waals surface area contributed by atoms with Crippen molar-refractivity contribution in [3.8, 4) is 5.75 Å². The van der Waals surface area contributed by atoms with Crippen molar-refractivity contribution in [1.82, 2.24) is 0 Å². The largest absolute Gasteiger partial charge is 0.494 e. The summed E-state index contributed by atoms with van der Waals surface area (Å²) in [7, 11) is 0. The maximum Gasteiger partial charge on any atom is 0.119 e. The zero-order chi connectivity index (χ0) is 11.2. The van der Waals surface area contributed by atoms with Gasteiger partial charge in [-0.1, -0.05) is 6.92 Å². The number of hydrogen-bond donors (Lipinski definition) is 1. The first-order valence-corrected chi connectivity index (χ1v) is 7.11. The average molecular weight is 237 g/mol. The lowest BCUT2D eigenvalue weighted by Gasteiger charge is -2.13. The lowest BCUT2D eigenvalue weighted by atomic mass is 10.2. The molecule has 16 heavy (non-hydrogen) atoms. The molecule has 0 saturated carbocycles. The number of ether oxygens (including phenoxy) is 1. The van der Waals surface area contributed by atoms with E-state index in [1.807, 2.05) is 23.9 Å². The van der Waals surface area contributed by atoms with Crippen LogP contribution in [0.15, 0.2) is 24.3 Å². The highest BCUT2D eigenvalue weighted by Crippen LogP contribution is 2.22. The molecule has 1 N–H and O–H groups in total. The van der Waals surface area contributed by atoms with Gasteiger partial charge in [-0.25, -0.2) is 0 Å². The molecule has 0 radical (unpaired) electrons. The molecule has 0 bridgehead atoms. The van der Waals surface area contributed by atoms with Crippen LogP contribution in [0.4, 0.5) is 5.69 Å². The van der Waals surface area contributed by atoms with Gasteiger partial charge in [-0.3, -0.25) is 0 Å². The Morgan fingerprint density at radius 2 is 2.19 bits per heavy atom. The molecule has 1 aromatic rings. The van der Waals surface area contributed by atoms with Crippen LogP contribution in [0.2, 0.25) is 0 Å². The van der Waals surface area contributed by atoms with Crippen LogP contribution < -0.4 is 10.1 Å². The molecule has 1 saturated heterocycles. The van der Waals surface area contributed by atoms with Gasteiger partial charge in [-0.15, -0.1) is 0 Å². The molecule has 0 amide bonds. The van der Waals surface area contributed by atoms with Crippen LogP contribution in [-0.2, 0) is 0 Å². The van der Waals surface area contributed by atoms with E-state index in [0.29, 0.717) is 6.04 Å². The number of anilines is 1. The maximum atomic E-state index is 5.55. The molecule has 1 aliphatic heterocycles. The minimum atomic E-state index is 0.646. The summed E-state index contributed by atoms with van der Waals surface area (Å²) in [5.41, 5.74) is 1.20. The molecule has 1 heterocycles. The van der Waals surface area contributed by atoms with Crippen LogP contribution >= 0.6 is 11.8 Å². The van der Waals surface area contributed by atoms with Crippen molar-refractivity contribution < 1.29 is 4.74 Å². The summed E-state index contributed by atoms with van der Waals surface area (Å²) in [6.45, 7) is 2.92. The van der Waals surface area contributed by atoms with E-state index in [0.717, 1.165) is 18.8 Å². The quantitative estimate of drug-likeness (QED) is 0.848. The number of hydrogen-bond acceptors (Lipinski definition) is 3. The Bertz CT molecular complexity index is 306. The summed E-state index contributed by atoms with van der Waals surface area (Å²) in [4.78, 5) is 0. The van der Waals surface area contributed by atoms with Crippen molar-refractivity contribution in [2.75, 3.05) is 23.4 Å². The molecular formula is C13H19NOS. The predicted molar refractivity (Wildman–Crippen MR) is 71.6 cm³/mol. The molecule has 1 fully saturated rings. The zero-order valence-electron chi connectivity index (χ0n) is 9.74. The number of thioether (sulfide) groups is 1. The highest BCUT2D eigenvalue weighted by atomic mass is 32.2. The second kappa shape index (κ2) is 6.04. The smallest absolute Gasteiger partial charge is 0.119 e. The maximum absolute atomic E-state index is 5.55. The van der Waals surface area contributed by atoms with Gasteiger partial charge in [-0.05, 0) is 42.9 Å². The Kier molecular flexibility index (Phi) is 4.40. The molecule has 1 aliphatic rings. The van der Waals surface area contributed by atoms with E-state index < -0.39 is 0 Å². The van der Waals surface area contributed by atoms with E-state index in [2.05, 4.69) is 24.4 Å². The molecule has 1 unspecified atom stereocenters. The van der Waals surface area contributed by atoms with Crippen molar-refractivity contribution in [3.63, 3.8) is 0 Å². The lowest BCUT2D eigenvalue weighted by Crippen LogP contribution is -2.17. The normalized spacial score (nSPS) is 19.7. The van der Waals surface area contributed by atoms with Crippen LogP contribution in [0.25, 0.3) is 0 Å². The summed E-state index contributed by atoms with van der Waals surface area (Å²) >= 11 is 2.03. The average Bonchev–Trinajstić information content (AvgIpc) is 2.81. The summed E-state index contributed by atoms with van der Waals surface area (Å²) < 4.78 is 5.55. The third kappa shape index (κ3) is 3.34. The van der Waals surface area contributed by atoms with Crippen molar-refractivity contribution in [2.24, 2.45) is 0 Å². The second-order valence-electron chi connectivity index (χ2n) is 4.08. The first-order chi connectivity index (χ1) is 7.88. The molecule has 2 nitrogen and oxygen atoms in total. The molecule has 1 aromatic carbocycles. The van der Waals surface area contributed by atoms with Gasteiger partial charge < -0.3 is 10.1 Å². The monoisotopic (exact) mass is 237 g/mol. The molecule has 1 atom stereocenters. The van der Waals surface area contributed by atoms with Gasteiger partial charge in [0.15, 0.2) is 0 Å². The summed E-state index contributed by atoms with van der Waals surface area (Å²) in [5.74, 6) is 3.48. The standard InChI is InChI=1S/C13H19NOS/c1-2-8-15-13-5-3-11(4-6-13)14-12-7-9-16-10-12/h3-6,12,14H,2,7-10H2,1H3. The minimum Gasteiger partial charge on any atom is -0.494 e. The van der Waals surface area contributed by atoms with E-state index in [1.54, 1.807) is 0 Å². The molecule has 0 aliphatic carbocycles. The van der Waals surface area contributed by atoms with Gasteiger partial charge in [0.1, 0.15) is 5.75 Å². The molecule has 2 rings (SSSR count). The lowest BCUT2D eigenvalue weighted by molar-refractivity contribution is 0.317. The van der Waals surface area contributed by atoms with Crippen LogP contribution in [-0.4, -0.2) is 24.2 Å². The van der Waals surface area contributed by atoms with E-state index in [1.165, 1.54) is 23.6 Å². The van der Waals surface area contributed by atoms with Gasteiger partial charge in [0.2, 0.25) is 0 Å². The fourth-order valence-corrected chi connectivity index (χ4v) is 2.90. The third-order valence-corrected chi connectivity index (χ3v) is 3.79. The van der Waals surface area contributed by atoms with Crippen molar-refractivity contribution in [3.05, 3.63) is 24.3 Å². The fraction of sp³-hybridized carbons (Fsp3) is 0.538.